The molecular weight excluding hydrogens is 468 g/mol. The van der Waals surface area contributed by atoms with Gasteiger partial charge in [-0.15, -0.1) is 0 Å². The molecule has 0 bridgehead atoms. The van der Waals surface area contributed by atoms with Gasteiger partial charge in [0.25, 0.3) is 5.92 Å². The highest BCUT2D eigenvalue weighted by Crippen LogP contribution is 2.49. The summed E-state index contributed by atoms with van der Waals surface area (Å²) in [6.07, 6.45) is 10.7. The van der Waals surface area contributed by atoms with Crippen molar-refractivity contribution in [3.8, 4) is 0 Å². The molecule has 0 aromatic rings. The van der Waals surface area contributed by atoms with Crippen molar-refractivity contribution in [3.63, 3.8) is 0 Å². The molecule has 1 radical (unpaired) electrons. The Morgan fingerprint density at radius 2 is 0.622 bits per heavy atom. The maximum atomic E-state index is 13.7. The van der Waals surface area contributed by atoms with Crippen molar-refractivity contribution < 1.29 is 28.6 Å². The van der Waals surface area contributed by atoms with Crippen LogP contribution in [0.3, 0.4) is 0 Å². The topological polar surface area (TPSA) is 78.9 Å². The van der Waals surface area contributed by atoms with Gasteiger partial charge >= 0.3 is 17.9 Å². The van der Waals surface area contributed by atoms with Crippen LogP contribution in [0.15, 0.2) is 0 Å². The summed E-state index contributed by atoms with van der Waals surface area (Å²) < 4.78 is 18.2. The van der Waals surface area contributed by atoms with Crippen LogP contribution in [-0.2, 0) is 28.6 Å². The second-order valence-electron chi connectivity index (χ2n) is 14.5. The van der Waals surface area contributed by atoms with Gasteiger partial charge in [0, 0.05) is 16.2 Å². The molecular formula is C31H51O6. The standard InChI is InChI=1S/C31H51O6/c1-26(2)16-10-13-19-29(26,7)35-23(32)22(24(33)36-30(8)20-14-11-17-27(30,3)4)25(34)37-31(9)21-15-12-18-28(31,5)6/h10-21H2,1-9H3. The summed E-state index contributed by atoms with van der Waals surface area (Å²) in [4.78, 5) is 41.2. The Kier molecular flexibility index (Phi) is 8.25. The van der Waals surface area contributed by atoms with Crippen molar-refractivity contribution in [3.05, 3.63) is 5.92 Å². The monoisotopic (exact) mass is 519 g/mol. The quantitative estimate of drug-likeness (QED) is 0.209. The molecule has 3 atom stereocenters. The SMILES string of the molecule is CC1(C)CCCCC1(C)OC(=O)[C](C(=O)OC1(C)CCCCC1(C)C)C(=O)OC1(C)CCCCC1(C)C. The zero-order valence-electron chi connectivity index (χ0n) is 24.9. The third kappa shape index (κ3) is 5.73. The average molecular weight is 520 g/mol. The molecule has 3 aliphatic carbocycles. The number of ether oxygens (including phenoxy) is 3. The molecule has 6 heteroatoms. The van der Waals surface area contributed by atoms with Crippen LogP contribution in [0.4, 0.5) is 0 Å². The minimum atomic E-state index is -0.929. The predicted octanol–water partition coefficient (Wildman–Crippen LogP) is 7.27. The average Bonchev–Trinajstić information content (AvgIpc) is 2.75. The van der Waals surface area contributed by atoms with Gasteiger partial charge < -0.3 is 14.2 Å². The Balaban J connectivity index is 1.92. The third-order valence-corrected chi connectivity index (χ3v) is 11.0. The predicted molar refractivity (Wildman–Crippen MR) is 143 cm³/mol. The number of esters is 3. The van der Waals surface area contributed by atoms with E-state index in [2.05, 4.69) is 41.5 Å². The summed E-state index contributed by atoms with van der Waals surface area (Å²) in [5, 5.41) is 0. The largest absolute Gasteiger partial charge is 0.457 e. The van der Waals surface area contributed by atoms with Crippen molar-refractivity contribution in [1.82, 2.24) is 0 Å². The minimum Gasteiger partial charge on any atom is -0.457 e. The molecule has 0 aromatic heterocycles. The number of carbonyl (C=O) groups is 3. The molecule has 0 amide bonds. The van der Waals surface area contributed by atoms with E-state index in [9.17, 15) is 14.4 Å². The fraction of sp³-hybridized carbons (Fsp3) is 0.871. The number of hydrogen-bond acceptors (Lipinski definition) is 6. The van der Waals surface area contributed by atoms with Crippen LogP contribution in [0.2, 0.25) is 0 Å². The van der Waals surface area contributed by atoms with Crippen molar-refractivity contribution in [2.75, 3.05) is 0 Å². The van der Waals surface area contributed by atoms with E-state index in [4.69, 9.17) is 14.2 Å². The summed E-state index contributed by atoms with van der Waals surface area (Å²) in [7, 11) is 0. The summed E-state index contributed by atoms with van der Waals surface area (Å²) in [6, 6.07) is 0. The second-order valence-corrected chi connectivity index (χ2v) is 14.5. The van der Waals surface area contributed by atoms with E-state index < -0.39 is 40.6 Å². The maximum absolute atomic E-state index is 13.7. The first-order valence-corrected chi connectivity index (χ1v) is 14.5. The van der Waals surface area contributed by atoms with Gasteiger partial charge in [-0.1, -0.05) is 60.8 Å². The molecule has 0 spiro atoms. The Labute approximate surface area is 224 Å². The first kappa shape index (κ1) is 30.0. The Morgan fingerprint density at radius 1 is 0.405 bits per heavy atom. The molecule has 0 heterocycles. The molecule has 0 aromatic carbocycles. The zero-order chi connectivity index (χ0) is 27.9. The fourth-order valence-corrected chi connectivity index (χ4v) is 6.48. The first-order chi connectivity index (χ1) is 16.9. The summed E-state index contributed by atoms with van der Waals surface area (Å²) in [5.41, 5.74) is -3.24. The summed E-state index contributed by atoms with van der Waals surface area (Å²) >= 11 is 0. The number of carbonyl (C=O) groups excluding carboxylic acids is 3. The fourth-order valence-electron chi connectivity index (χ4n) is 6.48. The zero-order valence-corrected chi connectivity index (χ0v) is 24.9. The van der Waals surface area contributed by atoms with Gasteiger partial charge in [0.1, 0.15) is 16.8 Å². The third-order valence-electron chi connectivity index (χ3n) is 11.0. The summed E-state index contributed by atoms with van der Waals surface area (Å²) in [6.45, 7) is 18.2. The molecule has 3 unspecified atom stereocenters. The molecule has 37 heavy (non-hydrogen) atoms. The molecule has 0 aliphatic heterocycles. The van der Waals surface area contributed by atoms with E-state index in [1.165, 1.54) is 0 Å². The minimum absolute atomic E-state index is 0.283. The van der Waals surface area contributed by atoms with Gasteiger partial charge in [0.15, 0.2) is 0 Å². The van der Waals surface area contributed by atoms with Crippen LogP contribution in [0.1, 0.15) is 139 Å². The molecule has 0 saturated heterocycles. The van der Waals surface area contributed by atoms with E-state index in [1.54, 1.807) is 0 Å². The molecule has 3 rings (SSSR count). The van der Waals surface area contributed by atoms with Crippen LogP contribution in [0, 0.1) is 22.2 Å². The van der Waals surface area contributed by atoms with E-state index in [0.29, 0.717) is 19.3 Å². The van der Waals surface area contributed by atoms with E-state index >= 15 is 0 Å². The van der Waals surface area contributed by atoms with Crippen LogP contribution in [-0.4, -0.2) is 34.7 Å². The highest BCUT2D eigenvalue weighted by Gasteiger charge is 2.55. The number of hydrogen-bond donors (Lipinski definition) is 0. The first-order valence-electron chi connectivity index (χ1n) is 14.5. The normalized spacial score (nSPS) is 34.9. The molecule has 3 aliphatic rings. The number of rotatable bonds is 6. The Bertz CT molecular complexity index is 774. The smallest absolute Gasteiger partial charge is 0.338 e. The lowest BCUT2D eigenvalue weighted by molar-refractivity contribution is -0.194. The highest BCUT2D eigenvalue weighted by atomic mass is 16.6. The molecule has 6 nitrogen and oxygen atoms in total. The molecule has 211 valence electrons. The second kappa shape index (κ2) is 10.2. The Hall–Kier alpha value is -1.59. The van der Waals surface area contributed by atoms with Gasteiger partial charge in [-0.05, 0) is 78.6 Å². The summed E-state index contributed by atoms with van der Waals surface area (Å²) in [5.74, 6) is -3.42. The van der Waals surface area contributed by atoms with E-state index in [0.717, 1.165) is 57.8 Å². The van der Waals surface area contributed by atoms with E-state index in [1.807, 2.05) is 20.8 Å². The lowest BCUT2D eigenvalue weighted by atomic mass is 9.66. The van der Waals surface area contributed by atoms with Crippen LogP contribution < -0.4 is 0 Å². The molecule has 3 saturated carbocycles. The van der Waals surface area contributed by atoms with Gasteiger partial charge in [-0.3, -0.25) is 14.4 Å². The maximum Gasteiger partial charge on any atom is 0.338 e. The van der Waals surface area contributed by atoms with Crippen molar-refractivity contribution in [2.45, 2.75) is 156 Å². The lowest BCUT2D eigenvalue weighted by Gasteiger charge is -2.49. The van der Waals surface area contributed by atoms with Gasteiger partial charge in [0.05, 0.1) is 0 Å². The van der Waals surface area contributed by atoms with Crippen LogP contribution in [0.5, 0.6) is 0 Å². The van der Waals surface area contributed by atoms with Crippen molar-refractivity contribution in [2.24, 2.45) is 16.2 Å². The molecule has 0 N–H and O–H groups in total. The van der Waals surface area contributed by atoms with Crippen LogP contribution in [0.25, 0.3) is 0 Å². The van der Waals surface area contributed by atoms with E-state index in [-0.39, 0.29) is 16.2 Å². The highest BCUT2D eigenvalue weighted by molar-refractivity contribution is 6.29. The van der Waals surface area contributed by atoms with Crippen molar-refractivity contribution >= 4 is 17.9 Å². The lowest BCUT2D eigenvalue weighted by Crippen LogP contribution is -2.54. The van der Waals surface area contributed by atoms with Crippen LogP contribution >= 0.6 is 0 Å². The van der Waals surface area contributed by atoms with Gasteiger partial charge in [-0.25, -0.2) is 0 Å². The molecule has 3 fully saturated rings. The van der Waals surface area contributed by atoms with Crippen molar-refractivity contribution in [1.29, 1.82) is 0 Å². The van der Waals surface area contributed by atoms with Gasteiger partial charge in [0.2, 0.25) is 0 Å². The van der Waals surface area contributed by atoms with Gasteiger partial charge in [-0.2, -0.15) is 0 Å². The Morgan fingerprint density at radius 3 is 0.838 bits per heavy atom.